The Kier molecular flexibility index (Phi) is 3.05. The van der Waals surface area contributed by atoms with Crippen LogP contribution in [0.25, 0.3) is 11.0 Å². The van der Waals surface area contributed by atoms with E-state index in [-0.39, 0.29) is 5.75 Å². The smallest absolute Gasteiger partial charge is 0.238 e. The van der Waals surface area contributed by atoms with Gasteiger partial charge in [-0.25, -0.2) is 9.97 Å². The molecule has 0 fully saturated rings. The molecule has 0 aliphatic carbocycles. The molecule has 0 atom stereocenters. The van der Waals surface area contributed by atoms with Crippen molar-refractivity contribution in [3.8, 4) is 17.4 Å². The molecule has 1 N–H and O–H groups in total. The average molecular weight is 317 g/mol. The van der Waals surface area contributed by atoms with Crippen LogP contribution in [0.3, 0.4) is 0 Å². The molecule has 0 radical (unpaired) electrons. The molecule has 3 aromatic rings. The van der Waals surface area contributed by atoms with Crippen LogP contribution in [0.1, 0.15) is 0 Å². The fraction of sp³-hybridized carbons (Fsp3) is 0. The largest absolute Gasteiger partial charge is 0.504 e. The Morgan fingerprint density at radius 1 is 1.05 bits per heavy atom. The molecule has 5 heteroatoms. The molecule has 0 bridgehead atoms. The molecule has 0 aliphatic heterocycles. The number of benzene rings is 2. The highest BCUT2D eigenvalue weighted by Gasteiger charge is 2.05. The Labute approximate surface area is 117 Å². The number of phenolic OH excluding ortho intramolecular Hbond substituents is 1. The molecule has 0 amide bonds. The van der Waals surface area contributed by atoms with Crippen molar-refractivity contribution in [2.45, 2.75) is 0 Å². The third-order valence-electron chi connectivity index (χ3n) is 2.56. The quantitative estimate of drug-likeness (QED) is 0.779. The molecule has 0 spiro atoms. The van der Waals surface area contributed by atoms with E-state index in [0.717, 1.165) is 15.5 Å². The molecular weight excluding hydrogens is 308 g/mol. The highest BCUT2D eigenvalue weighted by atomic mass is 79.9. The Morgan fingerprint density at radius 2 is 1.89 bits per heavy atom. The van der Waals surface area contributed by atoms with Crippen molar-refractivity contribution in [1.29, 1.82) is 0 Å². The van der Waals surface area contributed by atoms with Crippen LogP contribution in [0.4, 0.5) is 0 Å². The minimum atomic E-state index is 0.0682. The van der Waals surface area contributed by atoms with Crippen LogP contribution >= 0.6 is 15.9 Å². The summed E-state index contributed by atoms with van der Waals surface area (Å²) >= 11 is 3.39. The molecule has 0 unspecified atom stereocenters. The SMILES string of the molecule is Oc1ccccc1Oc1cnc2ccc(Br)cc2n1. The summed E-state index contributed by atoms with van der Waals surface area (Å²) in [5.74, 6) is 0.761. The first-order valence-corrected chi connectivity index (χ1v) is 6.40. The first-order chi connectivity index (χ1) is 9.22. The zero-order chi connectivity index (χ0) is 13.2. The van der Waals surface area contributed by atoms with Gasteiger partial charge in [0.25, 0.3) is 0 Å². The van der Waals surface area contributed by atoms with Gasteiger partial charge in [0.2, 0.25) is 5.88 Å². The second-order valence-corrected chi connectivity index (χ2v) is 4.83. The van der Waals surface area contributed by atoms with E-state index in [0.29, 0.717) is 11.6 Å². The van der Waals surface area contributed by atoms with Crippen LogP contribution in [-0.2, 0) is 0 Å². The zero-order valence-corrected chi connectivity index (χ0v) is 11.3. The van der Waals surface area contributed by atoms with Crippen LogP contribution in [0.5, 0.6) is 17.4 Å². The van der Waals surface area contributed by atoms with Gasteiger partial charge in [0.1, 0.15) is 0 Å². The number of fused-ring (bicyclic) bond motifs is 1. The van der Waals surface area contributed by atoms with Crippen molar-refractivity contribution >= 4 is 27.0 Å². The number of aromatic nitrogens is 2. The van der Waals surface area contributed by atoms with Gasteiger partial charge in [-0.3, -0.25) is 0 Å². The minimum Gasteiger partial charge on any atom is -0.504 e. The number of nitrogens with zero attached hydrogens (tertiary/aromatic N) is 2. The third-order valence-corrected chi connectivity index (χ3v) is 3.06. The van der Waals surface area contributed by atoms with Gasteiger partial charge < -0.3 is 9.84 Å². The number of rotatable bonds is 2. The number of phenols is 1. The highest BCUT2D eigenvalue weighted by Crippen LogP contribution is 2.29. The predicted octanol–water partition coefficient (Wildman–Crippen LogP) is 3.89. The lowest BCUT2D eigenvalue weighted by molar-refractivity contribution is 0.402. The number of ether oxygens (including phenoxy) is 1. The lowest BCUT2D eigenvalue weighted by Crippen LogP contribution is -1.91. The van der Waals surface area contributed by atoms with Crippen molar-refractivity contribution in [2.24, 2.45) is 0 Å². The zero-order valence-electron chi connectivity index (χ0n) is 9.75. The second kappa shape index (κ2) is 4.85. The van der Waals surface area contributed by atoms with E-state index >= 15 is 0 Å². The summed E-state index contributed by atoms with van der Waals surface area (Å²) in [5.41, 5.74) is 1.51. The fourth-order valence-electron chi connectivity index (χ4n) is 1.67. The number of para-hydroxylation sites is 2. The fourth-order valence-corrected chi connectivity index (χ4v) is 2.02. The van der Waals surface area contributed by atoms with Crippen LogP contribution in [0, 0.1) is 0 Å². The van der Waals surface area contributed by atoms with Crippen molar-refractivity contribution in [3.63, 3.8) is 0 Å². The van der Waals surface area contributed by atoms with E-state index < -0.39 is 0 Å². The van der Waals surface area contributed by atoms with Gasteiger partial charge in [-0.15, -0.1) is 0 Å². The summed E-state index contributed by atoms with van der Waals surface area (Å²) in [6.45, 7) is 0. The molecular formula is C14H9BrN2O2. The van der Waals surface area contributed by atoms with Crippen LogP contribution in [0.15, 0.2) is 53.1 Å². The standard InChI is InChI=1S/C14H9BrN2O2/c15-9-5-6-10-11(7-9)17-14(8-16-10)19-13-4-2-1-3-12(13)18/h1-8,18H. The first-order valence-electron chi connectivity index (χ1n) is 5.60. The van der Waals surface area contributed by atoms with E-state index in [1.165, 1.54) is 6.20 Å². The topological polar surface area (TPSA) is 55.2 Å². The van der Waals surface area contributed by atoms with Gasteiger partial charge in [-0.05, 0) is 30.3 Å². The van der Waals surface area contributed by atoms with E-state index in [2.05, 4.69) is 25.9 Å². The normalized spacial score (nSPS) is 10.6. The van der Waals surface area contributed by atoms with Gasteiger partial charge >= 0.3 is 0 Å². The molecule has 2 aromatic carbocycles. The molecule has 0 saturated heterocycles. The van der Waals surface area contributed by atoms with Gasteiger partial charge in [-0.1, -0.05) is 28.1 Å². The molecule has 0 saturated carbocycles. The van der Waals surface area contributed by atoms with Gasteiger partial charge in [-0.2, -0.15) is 0 Å². The second-order valence-electron chi connectivity index (χ2n) is 3.91. The van der Waals surface area contributed by atoms with Crippen molar-refractivity contribution < 1.29 is 9.84 Å². The monoisotopic (exact) mass is 316 g/mol. The summed E-state index contributed by atoms with van der Waals surface area (Å²) in [6, 6.07) is 12.4. The van der Waals surface area contributed by atoms with Crippen molar-refractivity contribution in [2.75, 3.05) is 0 Å². The molecule has 4 nitrogen and oxygen atoms in total. The third kappa shape index (κ3) is 2.51. The van der Waals surface area contributed by atoms with Crippen LogP contribution in [-0.4, -0.2) is 15.1 Å². The van der Waals surface area contributed by atoms with Crippen molar-refractivity contribution in [1.82, 2.24) is 9.97 Å². The highest BCUT2D eigenvalue weighted by molar-refractivity contribution is 9.10. The summed E-state index contributed by atoms with van der Waals surface area (Å²) in [7, 11) is 0. The molecule has 94 valence electrons. The Morgan fingerprint density at radius 3 is 2.74 bits per heavy atom. The number of hydrogen-bond acceptors (Lipinski definition) is 4. The van der Waals surface area contributed by atoms with E-state index in [1.807, 2.05) is 18.2 Å². The lowest BCUT2D eigenvalue weighted by Gasteiger charge is -2.06. The summed E-state index contributed by atoms with van der Waals surface area (Å²) in [5, 5.41) is 9.65. The predicted molar refractivity (Wildman–Crippen MR) is 75.4 cm³/mol. The lowest BCUT2D eigenvalue weighted by atomic mass is 10.3. The van der Waals surface area contributed by atoms with Gasteiger partial charge in [0.05, 0.1) is 17.2 Å². The number of hydrogen-bond donors (Lipinski definition) is 1. The minimum absolute atomic E-state index is 0.0682. The Hall–Kier alpha value is -2.14. The molecule has 0 aliphatic rings. The summed E-state index contributed by atoms with van der Waals surface area (Å²) in [6.07, 6.45) is 1.53. The van der Waals surface area contributed by atoms with Gasteiger partial charge in [0, 0.05) is 4.47 Å². The molecule has 1 heterocycles. The Balaban J connectivity index is 2.00. The average Bonchev–Trinajstić information content (AvgIpc) is 2.41. The maximum Gasteiger partial charge on any atom is 0.238 e. The van der Waals surface area contributed by atoms with E-state index in [1.54, 1.807) is 24.3 Å². The maximum absolute atomic E-state index is 9.65. The Bertz CT molecular complexity index is 746. The van der Waals surface area contributed by atoms with Gasteiger partial charge in [0.15, 0.2) is 11.5 Å². The molecule has 19 heavy (non-hydrogen) atoms. The number of halogens is 1. The van der Waals surface area contributed by atoms with Crippen molar-refractivity contribution in [3.05, 3.63) is 53.1 Å². The molecule has 3 rings (SSSR count). The number of aromatic hydroxyl groups is 1. The summed E-state index contributed by atoms with van der Waals surface area (Å²) in [4.78, 5) is 8.60. The van der Waals surface area contributed by atoms with E-state index in [9.17, 15) is 5.11 Å². The maximum atomic E-state index is 9.65. The summed E-state index contributed by atoms with van der Waals surface area (Å²) < 4.78 is 6.44. The van der Waals surface area contributed by atoms with E-state index in [4.69, 9.17) is 4.74 Å². The first kappa shape index (κ1) is 11.9. The molecule has 1 aromatic heterocycles. The van der Waals surface area contributed by atoms with Crippen LogP contribution in [0.2, 0.25) is 0 Å². The van der Waals surface area contributed by atoms with Crippen LogP contribution < -0.4 is 4.74 Å².